The van der Waals surface area contributed by atoms with Gasteiger partial charge in [0.25, 0.3) is 0 Å². The first-order valence-corrected chi connectivity index (χ1v) is 26.9. The monoisotopic (exact) mass is 931 g/mol. The lowest BCUT2D eigenvalue weighted by atomic mass is 9.99. The topological polar surface area (TPSA) is 152 Å². The Labute approximate surface area is 402 Å². The van der Waals surface area contributed by atoms with Crippen LogP contribution in [0.5, 0.6) is 0 Å². The molecule has 6 atom stereocenters. The van der Waals surface area contributed by atoms with Gasteiger partial charge in [-0.05, 0) is 51.4 Å². The van der Waals surface area contributed by atoms with Gasteiger partial charge in [-0.1, -0.05) is 222 Å². The number of allylic oxidation sites excluding steroid dienone is 10. The van der Waals surface area contributed by atoms with Gasteiger partial charge in [-0.3, -0.25) is 9.59 Å². The Bertz CT molecular complexity index is 1260. The summed E-state index contributed by atoms with van der Waals surface area (Å²) in [4.78, 5) is 25.4. The van der Waals surface area contributed by atoms with Gasteiger partial charge >= 0.3 is 11.9 Å². The van der Waals surface area contributed by atoms with Crippen molar-refractivity contribution in [2.45, 2.75) is 263 Å². The van der Waals surface area contributed by atoms with Gasteiger partial charge in [-0.15, -0.1) is 0 Å². The highest BCUT2D eigenvalue weighted by atomic mass is 16.7. The van der Waals surface area contributed by atoms with E-state index in [9.17, 15) is 30.0 Å². The van der Waals surface area contributed by atoms with Crippen molar-refractivity contribution >= 4 is 11.9 Å². The molecule has 382 valence electrons. The Morgan fingerprint density at radius 1 is 0.485 bits per heavy atom. The molecule has 1 aliphatic rings. The van der Waals surface area contributed by atoms with Crippen molar-refractivity contribution < 1.29 is 49.0 Å². The molecule has 0 radical (unpaired) electrons. The molecule has 10 heteroatoms. The lowest BCUT2D eigenvalue weighted by molar-refractivity contribution is -0.305. The molecule has 0 aromatic rings. The number of unbranched alkanes of at least 4 members (excludes halogenated alkanes) is 24. The van der Waals surface area contributed by atoms with Crippen LogP contribution in [0.2, 0.25) is 0 Å². The van der Waals surface area contributed by atoms with Crippen LogP contribution in [-0.4, -0.2) is 89.0 Å². The zero-order valence-electron chi connectivity index (χ0n) is 41.9. The van der Waals surface area contributed by atoms with Gasteiger partial charge in [-0.25, -0.2) is 0 Å². The highest BCUT2D eigenvalue weighted by molar-refractivity contribution is 5.70. The number of aliphatic hydroxyl groups is 4. The molecule has 0 spiro atoms. The third-order valence-corrected chi connectivity index (χ3v) is 12.2. The van der Waals surface area contributed by atoms with Crippen molar-refractivity contribution in [2.75, 3.05) is 19.8 Å². The quantitative estimate of drug-likeness (QED) is 0.0264. The smallest absolute Gasteiger partial charge is 0.306 e. The van der Waals surface area contributed by atoms with Gasteiger partial charge in [0, 0.05) is 12.8 Å². The van der Waals surface area contributed by atoms with E-state index < -0.39 is 49.4 Å². The van der Waals surface area contributed by atoms with Crippen molar-refractivity contribution in [1.29, 1.82) is 0 Å². The molecule has 0 saturated carbocycles. The van der Waals surface area contributed by atoms with Crippen LogP contribution in [0, 0.1) is 0 Å². The Morgan fingerprint density at radius 3 is 1.33 bits per heavy atom. The minimum absolute atomic E-state index is 0.151. The van der Waals surface area contributed by atoms with Crippen LogP contribution in [0.15, 0.2) is 60.8 Å². The van der Waals surface area contributed by atoms with Crippen molar-refractivity contribution in [3.63, 3.8) is 0 Å². The van der Waals surface area contributed by atoms with E-state index >= 15 is 0 Å². The Kier molecular flexibility index (Phi) is 42.9. The maximum atomic E-state index is 12.8. The fraction of sp³-hybridized carbons (Fsp3) is 0.786. The standard InChI is InChI=1S/C56H98O10/c1-3-5-7-9-11-13-15-17-19-21-22-23-24-25-26-27-29-30-32-34-36-38-40-42-44-51(58)63-47-49(48-64-56-55(62)54(61)53(60)50(46-57)66-56)65-52(59)45-43-41-39-37-35-33-31-28-20-18-16-14-12-10-8-6-4-2/h6,8,12,14,18,20,31,33,37,39,49-50,53-57,60-62H,3-5,7,9-11,13,15-17,19,21-30,32,34-36,38,40-48H2,1-2H3/b8-6-,14-12-,20-18-,33-31-,39-37-. The van der Waals surface area contributed by atoms with E-state index in [1.54, 1.807) is 0 Å². The van der Waals surface area contributed by atoms with Crippen molar-refractivity contribution in [1.82, 2.24) is 0 Å². The van der Waals surface area contributed by atoms with Gasteiger partial charge in [0.15, 0.2) is 12.4 Å². The summed E-state index contributed by atoms with van der Waals surface area (Å²) in [5.74, 6) is -0.869. The Balaban J connectivity index is 2.24. The molecule has 1 aliphatic heterocycles. The average Bonchev–Trinajstić information content (AvgIpc) is 3.32. The van der Waals surface area contributed by atoms with Crippen LogP contribution >= 0.6 is 0 Å². The van der Waals surface area contributed by atoms with Gasteiger partial charge in [0.05, 0.1) is 13.2 Å². The molecular weight excluding hydrogens is 833 g/mol. The van der Waals surface area contributed by atoms with Crippen molar-refractivity contribution in [2.24, 2.45) is 0 Å². The number of rotatable bonds is 45. The minimum atomic E-state index is -1.61. The van der Waals surface area contributed by atoms with Crippen molar-refractivity contribution in [3.8, 4) is 0 Å². The predicted molar refractivity (Wildman–Crippen MR) is 270 cm³/mol. The van der Waals surface area contributed by atoms with Crippen LogP contribution in [0.4, 0.5) is 0 Å². The molecule has 0 aromatic carbocycles. The minimum Gasteiger partial charge on any atom is -0.462 e. The van der Waals surface area contributed by atoms with Gasteiger partial charge in [-0.2, -0.15) is 0 Å². The number of carbonyl (C=O) groups is 2. The molecule has 66 heavy (non-hydrogen) atoms. The van der Waals surface area contributed by atoms with Crippen LogP contribution in [0.3, 0.4) is 0 Å². The lowest BCUT2D eigenvalue weighted by Crippen LogP contribution is -2.59. The second-order valence-electron chi connectivity index (χ2n) is 18.3. The lowest BCUT2D eigenvalue weighted by Gasteiger charge is -2.39. The van der Waals surface area contributed by atoms with E-state index in [2.05, 4.69) is 68.5 Å². The molecule has 0 amide bonds. The Hall–Kier alpha value is -2.60. The number of aliphatic hydroxyl groups excluding tert-OH is 4. The first-order valence-electron chi connectivity index (χ1n) is 26.9. The molecule has 10 nitrogen and oxygen atoms in total. The zero-order valence-corrected chi connectivity index (χ0v) is 41.9. The van der Waals surface area contributed by atoms with Crippen molar-refractivity contribution in [3.05, 3.63) is 60.8 Å². The maximum absolute atomic E-state index is 12.8. The highest BCUT2D eigenvalue weighted by Crippen LogP contribution is 2.23. The van der Waals surface area contributed by atoms with E-state index in [1.165, 1.54) is 135 Å². The largest absolute Gasteiger partial charge is 0.462 e. The van der Waals surface area contributed by atoms with Crippen LogP contribution in [0.25, 0.3) is 0 Å². The SMILES string of the molecule is CC/C=C\C/C=C\C/C=C\C/C=C\C/C=C\CCCC(=O)OC(COC(=O)CCCCCCCCCCCCCCCCCCCCCCCCCC)COC1OC(CO)C(O)C(O)C1O. The average molecular weight is 931 g/mol. The fourth-order valence-electron chi connectivity index (χ4n) is 7.99. The third-order valence-electron chi connectivity index (χ3n) is 12.2. The maximum Gasteiger partial charge on any atom is 0.306 e. The van der Waals surface area contributed by atoms with Crippen LogP contribution < -0.4 is 0 Å². The number of hydrogen-bond acceptors (Lipinski definition) is 10. The summed E-state index contributed by atoms with van der Waals surface area (Å²) in [5.41, 5.74) is 0. The molecule has 6 unspecified atom stereocenters. The number of carbonyl (C=O) groups excluding carboxylic acids is 2. The van der Waals surface area contributed by atoms with Gasteiger partial charge < -0.3 is 39.4 Å². The molecule has 0 bridgehead atoms. The first-order chi connectivity index (χ1) is 32.3. The zero-order chi connectivity index (χ0) is 48.0. The van der Waals surface area contributed by atoms with E-state index in [4.69, 9.17) is 18.9 Å². The van der Waals surface area contributed by atoms with Crippen LogP contribution in [-0.2, 0) is 28.5 Å². The molecule has 1 rings (SSSR count). The predicted octanol–water partition coefficient (Wildman–Crippen LogP) is 13.0. The number of esters is 2. The molecule has 1 heterocycles. The second-order valence-corrected chi connectivity index (χ2v) is 18.3. The Morgan fingerprint density at radius 2 is 0.894 bits per heavy atom. The van der Waals surface area contributed by atoms with Gasteiger partial charge in [0.1, 0.15) is 31.0 Å². The summed E-state index contributed by atoms with van der Waals surface area (Å²) in [6.45, 7) is 3.28. The van der Waals surface area contributed by atoms with Crippen LogP contribution in [0.1, 0.15) is 226 Å². The molecule has 0 aliphatic carbocycles. The number of ether oxygens (including phenoxy) is 4. The molecule has 1 fully saturated rings. The van der Waals surface area contributed by atoms with E-state index in [1.807, 2.05) is 6.08 Å². The first kappa shape index (κ1) is 61.4. The van der Waals surface area contributed by atoms with Gasteiger partial charge in [0.2, 0.25) is 0 Å². The molecule has 4 N–H and O–H groups in total. The second kappa shape index (κ2) is 46.1. The molecular formula is C56H98O10. The fourth-order valence-corrected chi connectivity index (χ4v) is 7.99. The summed E-state index contributed by atoms with van der Waals surface area (Å²) in [6.07, 6.45) is 51.1. The summed E-state index contributed by atoms with van der Waals surface area (Å²) in [7, 11) is 0. The van der Waals surface area contributed by atoms with E-state index in [-0.39, 0.29) is 32.0 Å². The normalized spacial score (nSPS) is 19.6. The summed E-state index contributed by atoms with van der Waals surface area (Å²) < 4.78 is 22.2. The summed E-state index contributed by atoms with van der Waals surface area (Å²) in [5, 5.41) is 40.2. The molecule has 0 aromatic heterocycles. The number of hydrogen-bond donors (Lipinski definition) is 4. The molecule has 1 saturated heterocycles. The highest BCUT2D eigenvalue weighted by Gasteiger charge is 2.44. The van der Waals surface area contributed by atoms with E-state index in [0.29, 0.717) is 12.8 Å². The summed E-state index contributed by atoms with van der Waals surface area (Å²) >= 11 is 0. The van der Waals surface area contributed by atoms with E-state index in [0.717, 1.165) is 51.4 Å². The third kappa shape index (κ3) is 36.4. The summed E-state index contributed by atoms with van der Waals surface area (Å²) in [6, 6.07) is 0.